The third-order valence-corrected chi connectivity index (χ3v) is 3.90. The minimum absolute atomic E-state index is 0.225. The van der Waals surface area contributed by atoms with Crippen LogP contribution in [0.1, 0.15) is 15.9 Å². The molecule has 0 fully saturated rings. The van der Waals surface area contributed by atoms with Gasteiger partial charge in [0.25, 0.3) is 5.91 Å². The van der Waals surface area contributed by atoms with Gasteiger partial charge in [-0.1, -0.05) is 23.7 Å². The van der Waals surface area contributed by atoms with E-state index in [2.05, 4.69) is 16.0 Å². The molecule has 0 bridgehead atoms. The second kappa shape index (κ2) is 9.05. The van der Waals surface area contributed by atoms with Gasteiger partial charge in [0, 0.05) is 25.5 Å². The Labute approximate surface area is 162 Å². The Balaban J connectivity index is 1.91. The van der Waals surface area contributed by atoms with Crippen molar-refractivity contribution in [1.29, 1.82) is 0 Å². The summed E-state index contributed by atoms with van der Waals surface area (Å²) in [6.07, 6.45) is 0. The molecule has 0 saturated carbocycles. The molecule has 0 spiro atoms. The van der Waals surface area contributed by atoms with Gasteiger partial charge in [-0.25, -0.2) is 4.79 Å². The topological polar surface area (TPSA) is 90.5 Å². The van der Waals surface area contributed by atoms with Crippen molar-refractivity contribution in [3.63, 3.8) is 0 Å². The highest BCUT2D eigenvalue weighted by molar-refractivity contribution is 6.34. The van der Waals surface area contributed by atoms with Crippen LogP contribution in [0.5, 0.6) is 0 Å². The average Bonchev–Trinajstić information content (AvgIpc) is 2.61. The Hall–Kier alpha value is -3.06. The Kier molecular flexibility index (Phi) is 6.79. The largest absolute Gasteiger partial charge is 0.345 e. The number of amides is 4. The summed E-state index contributed by atoms with van der Waals surface area (Å²) in [5.41, 5.74) is 2.34. The Morgan fingerprint density at radius 2 is 1.70 bits per heavy atom. The summed E-state index contributed by atoms with van der Waals surface area (Å²) in [7, 11) is 3.22. The van der Waals surface area contributed by atoms with E-state index in [9.17, 15) is 14.4 Å². The van der Waals surface area contributed by atoms with Gasteiger partial charge in [-0.2, -0.15) is 0 Å². The van der Waals surface area contributed by atoms with Gasteiger partial charge in [0.05, 0.1) is 17.1 Å². The molecule has 0 aliphatic carbocycles. The summed E-state index contributed by atoms with van der Waals surface area (Å²) in [5.74, 6) is -0.702. The summed E-state index contributed by atoms with van der Waals surface area (Å²) in [4.78, 5) is 37.4. The highest BCUT2D eigenvalue weighted by Crippen LogP contribution is 2.21. The van der Waals surface area contributed by atoms with E-state index in [-0.39, 0.29) is 18.0 Å². The maximum absolute atomic E-state index is 12.1. The molecule has 0 aliphatic heterocycles. The number of hydrogen-bond donors (Lipinski definition) is 3. The molecule has 0 atom stereocenters. The fourth-order valence-electron chi connectivity index (χ4n) is 2.27. The quantitative estimate of drug-likeness (QED) is 0.735. The number of carbonyl (C=O) groups is 3. The molecule has 0 heterocycles. The summed E-state index contributed by atoms with van der Waals surface area (Å²) in [5, 5.41) is 8.04. The zero-order valence-corrected chi connectivity index (χ0v) is 16.1. The van der Waals surface area contributed by atoms with Gasteiger partial charge >= 0.3 is 6.03 Å². The molecule has 0 aliphatic rings. The van der Waals surface area contributed by atoms with Crippen LogP contribution in [0.15, 0.2) is 42.5 Å². The fourth-order valence-corrected chi connectivity index (χ4v) is 2.47. The van der Waals surface area contributed by atoms with Crippen molar-refractivity contribution in [2.45, 2.75) is 6.92 Å². The molecule has 3 N–H and O–H groups in total. The lowest BCUT2D eigenvalue weighted by atomic mass is 10.1. The molecule has 7 nitrogen and oxygen atoms in total. The molecular weight excluding hydrogens is 368 g/mol. The first-order valence-corrected chi connectivity index (χ1v) is 8.56. The molecule has 0 aromatic heterocycles. The third-order valence-electron chi connectivity index (χ3n) is 3.57. The minimum Gasteiger partial charge on any atom is -0.345 e. The minimum atomic E-state index is -0.490. The number of halogens is 1. The first-order chi connectivity index (χ1) is 12.8. The first-order valence-electron chi connectivity index (χ1n) is 8.19. The van der Waals surface area contributed by atoms with Crippen molar-refractivity contribution in [1.82, 2.24) is 10.2 Å². The van der Waals surface area contributed by atoms with Crippen LogP contribution in [-0.4, -0.2) is 43.4 Å². The van der Waals surface area contributed by atoms with Crippen molar-refractivity contribution in [2.24, 2.45) is 0 Å². The molecule has 0 radical (unpaired) electrons. The van der Waals surface area contributed by atoms with E-state index in [1.807, 2.05) is 25.1 Å². The zero-order valence-electron chi connectivity index (χ0n) is 15.3. The van der Waals surface area contributed by atoms with Gasteiger partial charge in [-0.05, 0) is 42.8 Å². The monoisotopic (exact) mass is 388 g/mol. The smallest absolute Gasteiger partial charge is 0.319 e. The van der Waals surface area contributed by atoms with E-state index in [0.717, 1.165) is 5.56 Å². The second-order valence-corrected chi connectivity index (χ2v) is 6.53. The van der Waals surface area contributed by atoms with E-state index in [1.54, 1.807) is 26.2 Å². The van der Waals surface area contributed by atoms with E-state index in [1.165, 1.54) is 17.0 Å². The van der Waals surface area contributed by atoms with Crippen LogP contribution in [0.4, 0.5) is 16.2 Å². The number of anilines is 2. The summed E-state index contributed by atoms with van der Waals surface area (Å²) >= 11 is 6.04. The highest BCUT2D eigenvalue weighted by Gasteiger charge is 2.14. The maximum atomic E-state index is 12.1. The number of urea groups is 1. The first kappa shape index (κ1) is 20.3. The van der Waals surface area contributed by atoms with Crippen molar-refractivity contribution in [3.8, 4) is 0 Å². The van der Waals surface area contributed by atoms with Crippen LogP contribution >= 0.6 is 11.6 Å². The van der Waals surface area contributed by atoms with Gasteiger partial charge < -0.3 is 20.9 Å². The molecular formula is C19H21ClN4O3. The molecule has 4 amide bonds. The van der Waals surface area contributed by atoms with Crippen LogP contribution in [0.25, 0.3) is 0 Å². The number of nitrogens with one attached hydrogen (secondary N) is 3. The lowest BCUT2D eigenvalue weighted by Crippen LogP contribution is -2.35. The maximum Gasteiger partial charge on any atom is 0.319 e. The van der Waals surface area contributed by atoms with Crippen LogP contribution in [-0.2, 0) is 4.79 Å². The fraction of sp³-hybridized carbons (Fsp3) is 0.211. The lowest BCUT2D eigenvalue weighted by molar-refractivity contribution is -0.115. The summed E-state index contributed by atoms with van der Waals surface area (Å²) in [6, 6.07) is 11.4. The van der Waals surface area contributed by atoms with E-state index in [0.29, 0.717) is 16.4 Å². The van der Waals surface area contributed by atoms with Crippen molar-refractivity contribution in [3.05, 3.63) is 58.6 Å². The predicted molar refractivity (Wildman–Crippen MR) is 106 cm³/mol. The molecule has 8 heteroatoms. The number of rotatable bonds is 5. The van der Waals surface area contributed by atoms with Gasteiger partial charge in [-0.3, -0.25) is 9.59 Å². The van der Waals surface area contributed by atoms with Crippen molar-refractivity contribution >= 4 is 40.8 Å². The zero-order chi connectivity index (χ0) is 20.0. The summed E-state index contributed by atoms with van der Waals surface area (Å²) < 4.78 is 0. The van der Waals surface area contributed by atoms with Crippen LogP contribution in [0.2, 0.25) is 5.02 Å². The number of benzene rings is 2. The molecule has 0 unspecified atom stereocenters. The molecule has 2 aromatic rings. The Morgan fingerprint density at radius 1 is 1.00 bits per heavy atom. The average molecular weight is 389 g/mol. The molecule has 0 saturated heterocycles. The SMILES string of the molecule is Cc1cccc(NC(=O)NCC(=O)Nc2ccc(Cl)c(C(=O)N(C)C)c2)c1. The van der Waals surface area contributed by atoms with Gasteiger partial charge in [-0.15, -0.1) is 0 Å². The normalized spacial score (nSPS) is 10.1. The molecule has 142 valence electrons. The molecule has 2 rings (SSSR count). The number of hydrogen-bond acceptors (Lipinski definition) is 3. The van der Waals surface area contributed by atoms with Crippen LogP contribution in [0.3, 0.4) is 0 Å². The standard InChI is InChI=1S/C19H21ClN4O3/c1-12-5-4-6-13(9-12)23-19(27)21-11-17(25)22-14-7-8-16(20)15(10-14)18(26)24(2)3/h4-10H,11H2,1-3H3,(H,22,25)(H2,21,23,27). The van der Waals surface area contributed by atoms with E-state index in [4.69, 9.17) is 11.6 Å². The van der Waals surface area contributed by atoms with Crippen LogP contribution < -0.4 is 16.0 Å². The molecule has 27 heavy (non-hydrogen) atoms. The highest BCUT2D eigenvalue weighted by atomic mass is 35.5. The Morgan fingerprint density at radius 3 is 2.37 bits per heavy atom. The number of aryl methyl sites for hydroxylation is 1. The van der Waals surface area contributed by atoms with E-state index >= 15 is 0 Å². The van der Waals surface area contributed by atoms with E-state index < -0.39 is 11.9 Å². The molecule has 2 aromatic carbocycles. The third kappa shape index (κ3) is 6.00. The van der Waals surface area contributed by atoms with Crippen molar-refractivity contribution in [2.75, 3.05) is 31.3 Å². The van der Waals surface area contributed by atoms with Gasteiger partial charge in [0.1, 0.15) is 0 Å². The number of carbonyl (C=O) groups excluding carboxylic acids is 3. The number of nitrogens with zero attached hydrogens (tertiary/aromatic N) is 1. The second-order valence-electron chi connectivity index (χ2n) is 6.12. The Bertz CT molecular complexity index is 868. The van der Waals surface area contributed by atoms with Gasteiger partial charge in [0.15, 0.2) is 0 Å². The lowest BCUT2D eigenvalue weighted by Gasteiger charge is -2.13. The summed E-state index contributed by atoms with van der Waals surface area (Å²) in [6.45, 7) is 1.69. The van der Waals surface area contributed by atoms with Gasteiger partial charge in [0.2, 0.25) is 5.91 Å². The van der Waals surface area contributed by atoms with Crippen LogP contribution in [0, 0.1) is 6.92 Å². The predicted octanol–water partition coefficient (Wildman–Crippen LogP) is 3.11. The van der Waals surface area contributed by atoms with Crippen molar-refractivity contribution < 1.29 is 14.4 Å².